The van der Waals surface area contributed by atoms with Crippen molar-refractivity contribution < 1.29 is 24.2 Å². The predicted molar refractivity (Wildman–Crippen MR) is 92.0 cm³/mol. The molecular formula is C18H22ClNO5. The van der Waals surface area contributed by atoms with Gasteiger partial charge in [0.15, 0.2) is 0 Å². The maximum absolute atomic E-state index is 12.3. The monoisotopic (exact) mass is 367 g/mol. The van der Waals surface area contributed by atoms with Gasteiger partial charge in [0.1, 0.15) is 5.75 Å². The molecule has 0 spiro atoms. The Morgan fingerprint density at radius 1 is 1.36 bits per heavy atom. The van der Waals surface area contributed by atoms with Crippen LogP contribution in [0.1, 0.15) is 24.8 Å². The van der Waals surface area contributed by atoms with Crippen LogP contribution < -0.4 is 10.1 Å². The van der Waals surface area contributed by atoms with Crippen molar-refractivity contribution in [2.24, 2.45) is 11.8 Å². The van der Waals surface area contributed by atoms with Gasteiger partial charge in [-0.1, -0.05) is 11.6 Å². The molecule has 2 aliphatic rings. The van der Waals surface area contributed by atoms with Gasteiger partial charge in [0.2, 0.25) is 5.91 Å². The summed E-state index contributed by atoms with van der Waals surface area (Å²) in [7, 11) is 1.61. The quantitative estimate of drug-likeness (QED) is 0.805. The van der Waals surface area contributed by atoms with Crippen LogP contribution in [0.15, 0.2) is 18.2 Å². The van der Waals surface area contributed by atoms with Crippen molar-refractivity contribution in [1.82, 2.24) is 5.32 Å². The van der Waals surface area contributed by atoms with Crippen LogP contribution in [0.25, 0.3) is 0 Å². The molecule has 0 radical (unpaired) electrons. The summed E-state index contributed by atoms with van der Waals surface area (Å²) in [6, 6.07) is 5.49. The zero-order valence-corrected chi connectivity index (χ0v) is 14.8. The van der Waals surface area contributed by atoms with E-state index in [1.807, 2.05) is 12.1 Å². The molecule has 2 fully saturated rings. The first kappa shape index (κ1) is 18.0. The highest BCUT2D eigenvalue weighted by Crippen LogP contribution is 2.42. The average Bonchev–Trinajstić information content (AvgIpc) is 3.41. The SMILES string of the molecule is COc1ccc(Cl)cc1C1(CNC(=O)[C@@H]2C[C@@H]2C(=O)O)CCOCC1. The van der Waals surface area contributed by atoms with E-state index in [1.54, 1.807) is 13.2 Å². The summed E-state index contributed by atoms with van der Waals surface area (Å²) in [5.41, 5.74) is 0.620. The number of amides is 1. The zero-order chi connectivity index (χ0) is 18.0. The molecule has 1 aliphatic carbocycles. The number of nitrogens with one attached hydrogen (secondary N) is 1. The van der Waals surface area contributed by atoms with Crippen molar-refractivity contribution in [2.75, 3.05) is 26.9 Å². The number of ether oxygens (including phenoxy) is 2. The van der Waals surface area contributed by atoms with Crippen molar-refractivity contribution in [3.8, 4) is 5.75 Å². The van der Waals surface area contributed by atoms with Crippen LogP contribution in [0.5, 0.6) is 5.75 Å². The van der Waals surface area contributed by atoms with Gasteiger partial charge in [0, 0.05) is 35.8 Å². The van der Waals surface area contributed by atoms with Crippen LogP contribution in [0.4, 0.5) is 0 Å². The molecule has 1 saturated heterocycles. The van der Waals surface area contributed by atoms with Crippen molar-refractivity contribution in [3.05, 3.63) is 28.8 Å². The highest BCUT2D eigenvalue weighted by molar-refractivity contribution is 6.30. The molecule has 3 rings (SSSR count). The van der Waals surface area contributed by atoms with Crippen molar-refractivity contribution >= 4 is 23.5 Å². The number of benzene rings is 1. The molecule has 1 aromatic carbocycles. The molecule has 1 aromatic rings. The minimum Gasteiger partial charge on any atom is -0.496 e. The first-order valence-corrected chi connectivity index (χ1v) is 8.77. The van der Waals surface area contributed by atoms with Gasteiger partial charge in [-0.2, -0.15) is 0 Å². The highest BCUT2D eigenvalue weighted by Gasteiger charge is 2.49. The molecule has 6 nitrogen and oxygen atoms in total. The van der Waals surface area contributed by atoms with E-state index in [1.165, 1.54) is 0 Å². The second kappa shape index (κ2) is 7.22. The molecule has 0 bridgehead atoms. The van der Waals surface area contributed by atoms with Gasteiger partial charge in [0.25, 0.3) is 0 Å². The number of hydrogen-bond acceptors (Lipinski definition) is 4. The largest absolute Gasteiger partial charge is 0.496 e. The van der Waals surface area contributed by atoms with Crippen molar-refractivity contribution in [2.45, 2.75) is 24.7 Å². The average molecular weight is 368 g/mol. The normalized spacial score (nSPS) is 24.4. The summed E-state index contributed by atoms with van der Waals surface area (Å²) in [5.74, 6) is -1.34. The Labute approximate surface area is 151 Å². The van der Waals surface area contributed by atoms with Crippen LogP contribution in [0.2, 0.25) is 5.02 Å². The fourth-order valence-electron chi connectivity index (χ4n) is 3.54. The lowest BCUT2D eigenvalue weighted by Crippen LogP contribution is -2.45. The third-order valence-electron chi connectivity index (χ3n) is 5.23. The molecule has 136 valence electrons. The molecule has 1 amide bonds. The fraction of sp³-hybridized carbons (Fsp3) is 0.556. The lowest BCUT2D eigenvalue weighted by atomic mass is 9.73. The van der Waals surface area contributed by atoms with Gasteiger partial charge in [-0.15, -0.1) is 0 Å². The van der Waals surface area contributed by atoms with Crippen LogP contribution in [-0.2, 0) is 19.7 Å². The molecule has 2 atom stereocenters. The van der Waals surface area contributed by atoms with E-state index in [2.05, 4.69) is 5.32 Å². The number of hydrogen-bond donors (Lipinski definition) is 2. The number of rotatable bonds is 6. The number of carboxylic acid groups (broad SMARTS) is 1. The van der Waals surface area contributed by atoms with Crippen LogP contribution >= 0.6 is 11.6 Å². The van der Waals surface area contributed by atoms with E-state index < -0.39 is 17.8 Å². The molecule has 1 saturated carbocycles. The molecule has 0 unspecified atom stereocenters. The molecule has 7 heteroatoms. The Morgan fingerprint density at radius 3 is 2.68 bits per heavy atom. The van der Waals surface area contributed by atoms with Crippen molar-refractivity contribution in [3.63, 3.8) is 0 Å². The number of carbonyl (C=O) groups is 2. The van der Waals surface area contributed by atoms with Gasteiger partial charge in [-0.3, -0.25) is 9.59 Å². The number of carbonyl (C=O) groups excluding carboxylic acids is 1. The lowest BCUT2D eigenvalue weighted by molar-refractivity contribution is -0.140. The van der Waals surface area contributed by atoms with Gasteiger partial charge in [0.05, 0.1) is 18.9 Å². The fourth-order valence-corrected chi connectivity index (χ4v) is 3.72. The number of methoxy groups -OCH3 is 1. The maximum atomic E-state index is 12.3. The van der Waals surface area contributed by atoms with E-state index >= 15 is 0 Å². The molecule has 1 heterocycles. The number of aliphatic carboxylic acids is 1. The zero-order valence-electron chi connectivity index (χ0n) is 14.1. The lowest BCUT2D eigenvalue weighted by Gasteiger charge is -2.38. The Hall–Kier alpha value is -1.79. The van der Waals surface area contributed by atoms with E-state index in [9.17, 15) is 9.59 Å². The Kier molecular flexibility index (Phi) is 5.20. The van der Waals surface area contributed by atoms with E-state index in [0.717, 1.165) is 24.2 Å². The highest BCUT2D eigenvalue weighted by atomic mass is 35.5. The summed E-state index contributed by atoms with van der Waals surface area (Å²) in [4.78, 5) is 23.3. The minimum atomic E-state index is -0.905. The van der Waals surface area contributed by atoms with Crippen LogP contribution in [-0.4, -0.2) is 43.9 Å². The first-order valence-electron chi connectivity index (χ1n) is 8.39. The summed E-state index contributed by atoms with van der Waals surface area (Å²) >= 11 is 6.19. The Morgan fingerprint density at radius 2 is 2.08 bits per heavy atom. The predicted octanol–water partition coefficient (Wildman–Crippen LogP) is 2.23. The van der Waals surface area contributed by atoms with Crippen LogP contribution in [0.3, 0.4) is 0 Å². The topological polar surface area (TPSA) is 84.9 Å². The maximum Gasteiger partial charge on any atom is 0.307 e. The summed E-state index contributed by atoms with van der Waals surface area (Å²) in [6.45, 7) is 1.59. The van der Waals surface area contributed by atoms with E-state index in [-0.39, 0.29) is 11.3 Å². The Balaban J connectivity index is 1.79. The standard InChI is InChI=1S/C18H22ClNO5/c1-24-15-3-2-11(19)8-14(15)18(4-6-25-7-5-18)10-20-16(21)12-9-13(12)17(22)23/h2-3,8,12-13H,4-7,9-10H2,1H3,(H,20,21)(H,22,23)/t12-,13+/m1/s1. The molecule has 1 aliphatic heterocycles. The number of halogens is 1. The van der Waals surface area contributed by atoms with Crippen molar-refractivity contribution in [1.29, 1.82) is 0 Å². The van der Waals surface area contributed by atoms with Gasteiger partial charge in [-0.05, 0) is 37.5 Å². The van der Waals surface area contributed by atoms with Gasteiger partial charge >= 0.3 is 5.97 Å². The summed E-state index contributed by atoms with van der Waals surface area (Å²) in [6.07, 6.45) is 1.88. The smallest absolute Gasteiger partial charge is 0.307 e. The Bertz CT molecular complexity index is 671. The third kappa shape index (κ3) is 3.75. The van der Waals surface area contributed by atoms with Crippen LogP contribution in [0, 0.1) is 11.8 Å². The number of carboxylic acids is 1. The van der Waals surface area contributed by atoms with E-state index in [4.69, 9.17) is 26.2 Å². The summed E-state index contributed by atoms with van der Waals surface area (Å²) < 4.78 is 11.0. The third-order valence-corrected chi connectivity index (χ3v) is 5.46. The minimum absolute atomic E-state index is 0.195. The second-order valence-corrected chi connectivity index (χ2v) is 7.18. The van der Waals surface area contributed by atoms with Gasteiger partial charge < -0.3 is 19.9 Å². The van der Waals surface area contributed by atoms with E-state index in [0.29, 0.717) is 31.2 Å². The molecule has 0 aromatic heterocycles. The molecule has 2 N–H and O–H groups in total. The molecule has 25 heavy (non-hydrogen) atoms. The molecular weight excluding hydrogens is 346 g/mol. The second-order valence-electron chi connectivity index (χ2n) is 6.74. The first-order chi connectivity index (χ1) is 12.0. The van der Waals surface area contributed by atoms with Gasteiger partial charge in [-0.25, -0.2) is 0 Å². The summed E-state index contributed by atoms with van der Waals surface area (Å²) in [5, 5.41) is 12.6.